The van der Waals surface area contributed by atoms with Crippen LogP contribution in [0.15, 0.2) is 30.3 Å². The molecule has 0 saturated carbocycles. The van der Waals surface area contributed by atoms with Gasteiger partial charge in [-0.25, -0.2) is 0 Å². The standard InChI is InChI=1S/C18H16O5S/c19-6-2-1-3-15-4-5-16(24-15)14-8-12(10-17(20)21)7-13(9-14)11-18(22)23/h4-5,7-9,19H,2,6,10-11H2,(H,20,21)(H,22,23). The summed E-state index contributed by atoms with van der Waals surface area (Å²) < 4.78 is 0. The molecule has 0 unspecified atom stereocenters. The average Bonchev–Trinajstić information content (AvgIpc) is 2.94. The van der Waals surface area contributed by atoms with Gasteiger partial charge in [-0.2, -0.15) is 0 Å². The molecule has 3 N–H and O–H groups in total. The lowest BCUT2D eigenvalue weighted by atomic mass is 10.0. The van der Waals surface area contributed by atoms with Crippen LogP contribution in [-0.4, -0.2) is 33.9 Å². The molecule has 0 aliphatic heterocycles. The molecule has 2 aromatic rings. The monoisotopic (exact) mass is 344 g/mol. The first kappa shape index (κ1) is 17.7. The molecule has 0 radical (unpaired) electrons. The minimum absolute atomic E-state index is 0.0149. The first-order valence-corrected chi connectivity index (χ1v) is 8.06. The Morgan fingerprint density at radius 3 is 2.17 bits per heavy atom. The van der Waals surface area contributed by atoms with Gasteiger partial charge in [0.05, 0.1) is 24.3 Å². The largest absolute Gasteiger partial charge is 0.481 e. The topological polar surface area (TPSA) is 94.8 Å². The molecular formula is C18H16O5S. The number of thiophene rings is 1. The highest BCUT2D eigenvalue weighted by Crippen LogP contribution is 2.30. The molecular weight excluding hydrogens is 328 g/mol. The van der Waals surface area contributed by atoms with Gasteiger partial charge in [0.15, 0.2) is 0 Å². The Kier molecular flexibility index (Phi) is 6.13. The highest BCUT2D eigenvalue weighted by molar-refractivity contribution is 7.16. The minimum Gasteiger partial charge on any atom is -0.481 e. The molecule has 5 nitrogen and oxygen atoms in total. The normalized spacial score (nSPS) is 10.0. The number of carbonyl (C=O) groups is 2. The van der Waals surface area contributed by atoms with E-state index in [1.165, 1.54) is 11.3 Å². The Morgan fingerprint density at radius 2 is 1.62 bits per heavy atom. The van der Waals surface area contributed by atoms with Crippen LogP contribution in [0.4, 0.5) is 0 Å². The molecule has 0 fully saturated rings. The molecule has 124 valence electrons. The van der Waals surface area contributed by atoms with Crippen LogP contribution in [0, 0.1) is 11.8 Å². The van der Waals surface area contributed by atoms with Gasteiger partial charge in [-0.3, -0.25) is 9.59 Å². The number of hydrogen-bond acceptors (Lipinski definition) is 4. The Hall–Kier alpha value is -2.62. The van der Waals surface area contributed by atoms with E-state index in [1.807, 2.05) is 12.1 Å². The number of aliphatic carboxylic acids is 2. The summed E-state index contributed by atoms with van der Waals surface area (Å²) >= 11 is 1.44. The molecule has 1 aromatic carbocycles. The van der Waals surface area contributed by atoms with Crippen molar-refractivity contribution in [2.75, 3.05) is 6.61 Å². The van der Waals surface area contributed by atoms with Crippen molar-refractivity contribution in [1.82, 2.24) is 0 Å². The second-order valence-corrected chi connectivity index (χ2v) is 6.20. The smallest absolute Gasteiger partial charge is 0.307 e. The van der Waals surface area contributed by atoms with Crippen LogP contribution in [0.25, 0.3) is 10.4 Å². The Balaban J connectivity index is 2.36. The van der Waals surface area contributed by atoms with Crippen molar-refractivity contribution in [2.24, 2.45) is 0 Å². The molecule has 0 amide bonds. The quantitative estimate of drug-likeness (QED) is 0.700. The van der Waals surface area contributed by atoms with Gasteiger partial charge in [0.25, 0.3) is 0 Å². The van der Waals surface area contributed by atoms with Crippen LogP contribution >= 0.6 is 11.3 Å². The molecule has 2 rings (SSSR count). The summed E-state index contributed by atoms with van der Waals surface area (Å²) in [4.78, 5) is 23.6. The van der Waals surface area contributed by atoms with Gasteiger partial charge >= 0.3 is 11.9 Å². The van der Waals surface area contributed by atoms with Gasteiger partial charge in [-0.05, 0) is 41.0 Å². The average molecular weight is 344 g/mol. The fraction of sp³-hybridized carbons (Fsp3) is 0.222. The third-order valence-electron chi connectivity index (χ3n) is 3.10. The van der Waals surface area contributed by atoms with Crippen LogP contribution in [-0.2, 0) is 22.4 Å². The lowest BCUT2D eigenvalue weighted by molar-refractivity contribution is -0.137. The van der Waals surface area contributed by atoms with E-state index in [-0.39, 0.29) is 19.4 Å². The van der Waals surface area contributed by atoms with Gasteiger partial charge in [0.1, 0.15) is 0 Å². The maximum atomic E-state index is 10.9. The summed E-state index contributed by atoms with van der Waals surface area (Å²) in [6.45, 7) is 0.0149. The van der Waals surface area contributed by atoms with Crippen LogP contribution in [0.3, 0.4) is 0 Å². The summed E-state index contributed by atoms with van der Waals surface area (Å²) in [6.07, 6.45) is 0.0914. The number of hydrogen-bond donors (Lipinski definition) is 3. The highest BCUT2D eigenvalue weighted by atomic mass is 32.1. The van der Waals surface area contributed by atoms with Crippen LogP contribution in [0.1, 0.15) is 22.4 Å². The van der Waals surface area contributed by atoms with Gasteiger partial charge in [-0.15, -0.1) is 11.3 Å². The zero-order chi connectivity index (χ0) is 17.5. The first-order valence-electron chi connectivity index (χ1n) is 7.24. The number of aliphatic hydroxyl groups is 1. The van der Waals surface area contributed by atoms with E-state index in [4.69, 9.17) is 15.3 Å². The van der Waals surface area contributed by atoms with E-state index < -0.39 is 11.9 Å². The van der Waals surface area contributed by atoms with E-state index in [9.17, 15) is 9.59 Å². The maximum Gasteiger partial charge on any atom is 0.307 e. The molecule has 0 aliphatic carbocycles. The molecule has 1 aromatic heterocycles. The van der Waals surface area contributed by atoms with Crippen molar-refractivity contribution >= 4 is 23.3 Å². The molecule has 0 spiro atoms. The summed E-state index contributed by atoms with van der Waals surface area (Å²) in [5.41, 5.74) is 1.92. The fourth-order valence-electron chi connectivity index (χ4n) is 2.22. The molecule has 0 atom stereocenters. The second kappa shape index (κ2) is 8.29. The van der Waals surface area contributed by atoms with Gasteiger partial charge < -0.3 is 15.3 Å². The van der Waals surface area contributed by atoms with Crippen molar-refractivity contribution in [3.05, 3.63) is 46.3 Å². The highest BCUT2D eigenvalue weighted by Gasteiger charge is 2.10. The van der Waals surface area contributed by atoms with E-state index in [0.717, 1.165) is 15.3 Å². The predicted molar refractivity (Wildman–Crippen MR) is 91.0 cm³/mol. The van der Waals surface area contributed by atoms with Gasteiger partial charge in [0, 0.05) is 11.3 Å². The summed E-state index contributed by atoms with van der Waals surface area (Å²) in [7, 11) is 0. The summed E-state index contributed by atoms with van der Waals surface area (Å²) in [5.74, 6) is 3.87. The molecule has 0 saturated heterocycles. The zero-order valence-corrected chi connectivity index (χ0v) is 13.6. The van der Waals surface area contributed by atoms with Crippen LogP contribution in [0.2, 0.25) is 0 Å². The lowest BCUT2D eigenvalue weighted by Crippen LogP contribution is -2.04. The van der Waals surface area contributed by atoms with Crippen molar-refractivity contribution in [2.45, 2.75) is 19.3 Å². The summed E-state index contributed by atoms with van der Waals surface area (Å²) in [6, 6.07) is 8.86. The van der Waals surface area contributed by atoms with Gasteiger partial charge in [-0.1, -0.05) is 17.9 Å². The predicted octanol–water partition coefficient (Wildman–Crippen LogP) is 2.40. The van der Waals surface area contributed by atoms with E-state index >= 15 is 0 Å². The number of carboxylic acids is 2. The zero-order valence-electron chi connectivity index (χ0n) is 12.8. The van der Waals surface area contributed by atoms with Crippen molar-refractivity contribution in [3.63, 3.8) is 0 Å². The van der Waals surface area contributed by atoms with Crippen molar-refractivity contribution in [3.8, 4) is 22.3 Å². The molecule has 1 heterocycles. The third kappa shape index (κ3) is 5.23. The number of carboxylic acid groups (broad SMARTS) is 2. The van der Waals surface area contributed by atoms with Crippen molar-refractivity contribution < 1.29 is 24.9 Å². The Morgan fingerprint density at radius 1 is 1.00 bits per heavy atom. The minimum atomic E-state index is -0.963. The third-order valence-corrected chi connectivity index (χ3v) is 4.15. The first-order chi connectivity index (χ1) is 11.5. The van der Waals surface area contributed by atoms with E-state index in [2.05, 4.69) is 11.8 Å². The number of rotatable bonds is 6. The van der Waals surface area contributed by atoms with E-state index in [0.29, 0.717) is 17.5 Å². The second-order valence-electron chi connectivity index (χ2n) is 5.12. The molecule has 0 aliphatic rings. The Bertz CT molecular complexity index is 776. The molecule has 0 bridgehead atoms. The van der Waals surface area contributed by atoms with Crippen LogP contribution < -0.4 is 0 Å². The SMILES string of the molecule is O=C(O)Cc1cc(CC(=O)O)cc(-c2ccc(C#CCCO)s2)c1. The fourth-order valence-corrected chi connectivity index (χ4v) is 3.09. The molecule has 24 heavy (non-hydrogen) atoms. The Labute approximate surface area is 143 Å². The number of aliphatic hydroxyl groups excluding tert-OH is 1. The summed E-state index contributed by atoms with van der Waals surface area (Å²) in [5, 5.41) is 26.7. The lowest BCUT2D eigenvalue weighted by Gasteiger charge is -2.06. The number of benzene rings is 1. The van der Waals surface area contributed by atoms with Gasteiger partial charge in [0.2, 0.25) is 0 Å². The molecule has 6 heteroatoms. The maximum absolute atomic E-state index is 10.9. The van der Waals surface area contributed by atoms with Crippen LogP contribution in [0.5, 0.6) is 0 Å². The van der Waals surface area contributed by atoms with E-state index in [1.54, 1.807) is 18.2 Å². The van der Waals surface area contributed by atoms with Crippen molar-refractivity contribution in [1.29, 1.82) is 0 Å².